The van der Waals surface area contributed by atoms with E-state index in [1.807, 2.05) is 6.92 Å². The molecule has 0 aliphatic heterocycles. The van der Waals surface area contributed by atoms with E-state index in [2.05, 4.69) is 5.16 Å². The van der Waals surface area contributed by atoms with Crippen LogP contribution in [0.1, 0.15) is 18.1 Å². The molecule has 23 heavy (non-hydrogen) atoms. The molecule has 0 heterocycles. The number of ether oxygens (including phenoxy) is 2. The molecule has 0 saturated heterocycles. The highest BCUT2D eigenvalue weighted by Gasteiger charge is 2.13. The second kappa shape index (κ2) is 8.29. The monoisotopic (exact) mass is 373 g/mol. The van der Waals surface area contributed by atoms with Crippen LogP contribution in [0.5, 0.6) is 11.5 Å². The van der Waals surface area contributed by atoms with Crippen molar-refractivity contribution in [3.05, 3.63) is 56.5 Å². The summed E-state index contributed by atoms with van der Waals surface area (Å²) >= 11 is 18.2. The maximum atomic E-state index is 8.63. The zero-order valence-electron chi connectivity index (χ0n) is 12.2. The summed E-state index contributed by atoms with van der Waals surface area (Å²) in [6.07, 6.45) is 1.26. The van der Waals surface area contributed by atoms with Crippen molar-refractivity contribution in [3.8, 4) is 11.5 Å². The summed E-state index contributed by atoms with van der Waals surface area (Å²) in [5.41, 5.74) is 1.37. The van der Waals surface area contributed by atoms with Crippen LogP contribution in [-0.4, -0.2) is 18.0 Å². The smallest absolute Gasteiger partial charge is 0.180 e. The minimum atomic E-state index is 0.212. The molecule has 0 bridgehead atoms. The average Bonchev–Trinajstić information content (AvgIpc) is 2.49. The second-order valence-electron chi connectivity index (χ2n) is 4.53. The maximum Gasteiger partial charge on any atom is 0.180 e. The third kappa shape index (κ3) is 4.67. The highest BCUT2D eigenvalue weighted by Crippen LogP contribution is 2.37. The van der Waals surface area contributed by atoms with Gasteiger partial charge in [-0.05, 0) is 31.2 Å². The number of halogens is 3. The van der Waals surface area contributed by atoms with E-state index in [1.54, 1.807) is 30.3 Å². The van der Waals surface area contributed by atoms with Gasteiger partial charge in [-0.15, -0.1) is 0 Å². The molecule has 0 radical (unpaired) electrons. The van der Waals surface area contributed by atoms with E-state index in [0.717, 1.165) is 5.56 Å². The SMILES string of the molecule is CCOc1cc(/C=N\O)cc(Cl)c1OCc1ccc(Cl)cc1Cl. The topological polar surface area (TPSA) is 51.0 Å². The van der Waals surface area contributed by atoms with Gasteiger partial charge in [0.2, 0.25) is 0 Å². The van der Waals surface area contributed by atoms with Crippen LogP contribution in [0, 0.1) is 0 Å². The van der Waals surface area contributed by atoms with Crippen LogP contribution in [0.2, 0.25) is 15.1 Å². The Bertz CT molecular complexity index is 720. The first kappa shape index (κ1) is 17.7. The molecule has 4 nitrogen and oxygen atoms in total. The Hall–Kier alpha value is -1.62. The lowest BCUT2D eigenvalue weighted by molar-refractivity contribution is 0.269. The van der Waals surface area contributed by atoms with Gasteiger partial charge in [-0.3, -0.25) is 0 Å². The molecule has 0 atom stereocenters. The van der Waals surface area contributed by atoms with Gasteiger partial charge in [-0.2, -0.15) is 0 Å². The molecule has 0 amide bonds. The number of benzene rings is 2. The fourth-order valence-electron chi connectivity index (χ4n) is 1.92. The molecule has 1 N–H and O–H groups in total. The highest BCUT2D eigenvalue weighted by molar-refractivity contribution is 6.35. The van der Waals surface area contributed by atoms with Crippen molar-refractivity contribution in [3.63, 3.8) is 0 Å². The zero-order valence-corrected chi connectivity index (χ0v) is 14.5. The predicted molar refractivity (Wildman–Crippen MR) is 92.8 cm³/mol. The first-order chi connectivity index (χ1) is 11.0. The molecule has 0 unspecified atom stereocenters. The summed E-state index contributed by atoms with van der Waals surface area (Å²) < 4.78 is 11.3. The van der Waals surface area contributed by atoms with Crippen LogP contribution in [0.15, 0.2) is 35.5 Å². The summed E-state index contributed by atoms with van der Waals surface area (Å²) in [6, 6.07) is 8.45. The number of nitrogens with zero attached hydrogens (tertiary/aromatic N) is 1. The Morgan fingerprint density at radius 1 is 1.09 bits per heavy atom. The minimum Gasteiger partial charge on any atom is -0.490 e. The number of hydrogen-bond acceptors (Lipinski definition) is 4. The van der Waals surface area contributed by atoms with E-state index in [4.69, 9.17) is 49.5 Å². The molecule has 7 heteroatoms. The number of hydrogen-bond donors (Lipinski definition) is 1. The highest BCUT2D eigenvalue weighted by atomic mass is 35.5. The van der Waals surface area contributed by atoms with Crippen molar-refractivity contribution in [1.82, 2.24) is 0 Å². The molecule has 0 saturated carbocycles. The predicted octanol–water partition coefficient (Wildman–Crippen LogP) is 5.43. The van der Waals surface area contributed by atoms with Crippen molar-refractivity contribution < 1.29 is 14.7 Å². The number of oxime groups is 1. The lowest BCUT2D eigenvalue weighted by atomic mass is 10.2. The largest absolute Gasteiger partial charge is 0.490 e. The number of rotatable bonds is 6. The van der Waals surface area contributed by atoms with Crippen LogP contribution in [0.4, 0.5) is 0 Å². The summed E-state index contributed by atoms with van der Waals surface area (Å²) in [5.74, 6) is 0.856. The van der Waals surface area contributed by atoms with Crippen LogP contribution in [-0.2, 0) is 6.61 Å². The lowest BCUT2D eigenvalue weighted by Crippen LogP contribution is -2.02. The van der Waals surface area contributed by atoms with E-state index in [1.165, 1.54) is 6.21 Å². The quantitative estimate of drug-likeness (QED) is 0.416. The van der Waals surface area contributed by atoms with Crippen molar-refractivity contribution in [2.45, 2.75) is 13.5 Å². The van der Waals surface area contributed by atoms with Gasteiger partial charge in [0.15, 0.2) is 11.5 Å². The molecule has 0 aliphatic rings. The normalized spacial score (nSPS) is 11.0. The van der Waals surface area contributed by atoms with Crippen molar-refractivity contribution >= 4 is 41.0 Å². The Labute approximate surface area is 149 Å². The van der Waals surface area contributed by atoms with Crippen molar-refractivity contribution in [1.29, 1.82) is 0 Å². The van der Waals surface area contributed by atoms with E-state index in [9.17, 15) is 0 Å². The molecule has 0 fully saturated rings. The van der Waals surface area contributed by atoms with Gasteiger partial charge in [0.1, 0.15) is 6.61 Å². The van der Waals surface area contributed by atoms with Gasteiger partial charge >= 0.3 is 0 Å². The molecular formula is C16H14Cl3NO3. The molecule has 0 aromatic heterocycles. The van der Waals surface area contributed by atoms with Gasteiger partial charge in [-0.1, -0.05) is 46.0 Å². The van der Waals surface area contributed by atoms with Gasteiger partial charge in [-0.25, -0.2) is 0 Å². The molecular weight excluding hydrogens is 361 g/mol. The summed E-state index contributed by atoms with van der Waals surface area (Å²) in [5, 5.41) is 13.0. The molecule has 2 aromatic carbocycles. The van der Waals surface area contributed by atoms with Crippen LogP contribution in [0.25, 0.3) is 0 Å². The zero-order chi connectivity index (χ0) is 16.8. The third-order valence-electron chi connectivity index (χ3n) is 2.93. The summed E-state index contributed by atoms with van der Waals surface area (Å²) in [6.45, 7) is 2.50. The van der Waals surface area contributed by atoms with E-state index >= 15 is 0 Å². The lowest BCUT2D eigenvalue weighted by Gasteiger charge is -2.15. The van der Waals surface area contributed by atoms with Gasteiger partial charge in [0, 0.05) is 21.2 Å². The average molecular weight is 375 g/mol. The second-order valence-corrected chi connectivity index (χ2v) is 5.78. The molecule has 2 aromatic rings. The standard InChI is InChI=1S/C16H14Cl3NO3/c1-2-22-15-6-10(8-20-21)5-14(19)16(15)23-9-11-3-4-12(17)7-13(11)18/h3-8,21H,2,9H2,1H3/b20-8-. The maximum absolute atomic E-state index is 8.63. The Morgan fingerprint density at radius 2 is 1.87 bits per heavy atom. The fraction of sp³-hybridized carbons (Fsp3) is 0.188. The van der Waals surface area contributed by atoms with Crippen molar-refractivity contribution in [2.75, 3.05) is 6.61 Å². The first-order valence-corrected chi connectivity index (χ1v) is 7.89. The molecule has 122 valence electrons. The molecule has 0 aliphatic carbocycles. The third-order valence-corrected chi connectivity index (χ3v) is 3.79. The molecule has 2 rings (SSSR count). The Kier molecular flexibility index (Phi) is 6.39. The first-order valence-electron chi connectivity index (χ1n) is 6.75. The van der Waals surface area contributed by atoms with Crippen LogP contribution in [0.3, 0.4) is 0 Å². The van der Waals surface area contributed by atoms with E-state index in [0.29, 0.717) is 38.7 Å². The minimum absolute atomic E-state index is 0.212. The van der Waals surface area contributed by atoms with E-state index in [-0.39, 0.29) is 6.61 Å². The van der Waals surface area contributed by atoms with E-state index < -0.39 is 0 Å². The fourth-order valence-corrected chi connectivity index (χ4v) is 2.66. The van der Waals surface area contributed by atoms with Gasteiger partial charge in [0.25, 0.3) is 0 Å². The summed E-state index contributed by atoms with van der Waals surface area (Å²) in [7, 11) is 0. The van der Waals surface area contributed by atoms with Crippen molar-refractivity contribution in [2.24, 2.45) is 5.16 Å². The van der Waals surface area contributed by atoms with Gasteiger partial charge in [0.05, 0.1) is 17.8 Å². The Balaban J connectivity index is 2.27. The van der Waals surface area contributed by atoms with Crippen LogP contribution >= 0.6 is 34.8 Å². The van der Waals surface area contributed by atoms with Crippen LogP contribution < -0.4 is 9.47 Å². The summed E-state index contributed by atoms with van der Waals surface area (Å²) in [4.78, 5) is 0. The molecule has 0 spiro atoms. The Morgan fingerprint density at radius 3 is 2.52 bits per heavy atom. The van der Waals surface area contributed by atoms with Gasteiger partial charge < -0.3 is 14.7 Å².